The van der Waals surface area contributed by atoms with E-state index in [4.69, 9.17) is 5.21 Å². The molecule has 7 nitrogen and oxygen atoms in total. The van der Waals surface area contributed by atoms with E-state index in [1.807, 2.05) is 98.8 Å². The first-order valence-electron chi connectivity index (χ1n) is 12.5. The van der Waals surface area contributed by atoms with Gasteiger partial charge in [0.05, 0.1) is 0 Å². The summed E-state index contributed by atoms with van der Waals surface area (Å²) in [7, 11) is 1.71. The Bertz CT molecular complexity index is 1160. The predicted molar refractivity (Wildman–Crippen MR) is 143 cm³/mol. The summed E-state index contributed by atoms with van der Waals surface area (Å²) in [5.41, 5.74) is 5.27. The third kappa shape index (κ3) is 8.02. The third-order valence-electron chi connectivity index (χ3n) is 6.21. The molecule has 0 bridgehead atoms. The summed E-state index contributed by atoms with van der Waals surface area (Å²) in [5.74, 6) is -1.86. The fourth-order valence-corrected chi connectivity index (χ4v) is 4.32. The van der Waals surface area contributed by atoms with Crippen molar-refractivity contribution in [1.29, 1.82) is 0 Å². The lowest BCUT2D eigenvalue weighted by atomic mass is 9.92. The van der Waals surface area contributed by atoms with Gasteiger partial charge in [-0.2, -0.15) is 0 Å². The number of carbonyl (C=O) groups excluding carboxylic acids is 3. The lowest BCUT2D eigenvalue weighted by Gasteiger charge is -2.27. The monoisotopic (exact) mass is 501 g/mol. The zero-order valence-corrected chi connectivity index (χ0v) is 21.6. The standard InChI is InChI=1S/C30H35N3O4/c1-21(2)18-26(19-27(34)32-37)29(35)31-28(30(36)33(3)20-22-10-6-4-7-11-22)25-16-14-24(15-17-25)23-12-8-5-9-13-23/h4-17,21,26,28,37H,18-20H2,1-3H3,(H,31,35)(H,32,34)/t26-,28+/m1/s1. The number of benzene rings is 3. The number of nitrogens with one attached hydrogen (secondary N) is 2. The second-order valence-corrected chi connectivity index (χ2v) is 9.68. The molecule has 0 aliphatic rings. The van der Waals surface area contributed by atoms with Crippen LogP contribution in [0.3, 0.4) is 0 Å². The first-order valence-corrected chi connectivity index (χ1v) is 12.5. The summed E-state index contributed by atoms with van der Waals surface area (Å²) in [6.45, 7) is 4.29. The Morgan fingerprint density at radius 3 is 1.97 bits per heavy atom. The van der Waals surface area contributed by atoms with Gasteiger partial charge in [-0.05, 0) is 34.6 Å². The Morgan fingerprint density at radius 2 is 1.41 bits per heavy atom. The lowest BCUT2D eigenvalue weighted by molar-refractivity contribution is -0.139. The molecule has 0 saturated heterocycles. The summed E-state index contributed by atoms with van der Waals surface area (Å²) in [6.07, 6.45) is 0.265. The minimum atomic E-state index is -0.933. The van der Waals surface area contributed by atoms with Gasteiger partial charge < -0.3 is 10.2 Å². The molecule has 3 amide bonds. The van der Waals surface area contributed by atoms with Crippen LogP contribution in [-0.2, 0) is 20.9 Å². The van der Waals surface area contributed by atoms with Gasteiger partial charge in [-0.3, -0.25) is 19.6 Å². The fraction of sp³-hybridized carbons (Fsp3) is 0.300. The number of carbonyl (C=O) groups is 3. The van der Waals surface area contributed by atoms with Crippen LogP contribution in [0.15, 0.2) is 84.9 Å². The molecular formula is C30H35N3O4. The van der Waals surface area contributed by atoms with E-state index in [1.165, 1.54) is 0 Å². The van der Waals surface area contributed by atoms with Crippen LogP contribution in [-0.4, -0.2) is 34.9 Å². The van der Waals surface area contributed by atoms with E-state index < -0.39 is 23.8 Å². The van der Waals surface area contributed by atoms with Crippen LogP contribution in [0.1, 0.15) is 43.9 Å². The third-order valence-corrected chi connectivity index (χ3v) is 6.21. The highest BCUT2D eigenvalue weighted by Gasteiger charge is 2.30. The van der Waals surface area contributed by atoms with Gasteiger partial charge in [-0.15, -0.1) is 0 Å². The number of hydroxylamine groups is 1. The topological polar surface area (TPSA) is 98.7 Å². The van der Waals surface area contributed by atoms with E-state index >= 15 is 0 Å². The van der Waals surface area contributed by atoms with Crippen LogP contribution < -0.4 is 10.8 Å². The highest BCUT2D eigenvalue weighted by atomic mass is 16.5. The average Bonchev–Trinajstić information content (AvgIpc) is 2.91. The van der Waals surface area contributed by atoms with Crippen molar-refractivity contribution in [2.45, 2.75) is 39.3 Å². The number of likely N-dealkylation sites (N-methyl/N-ethyl adjacent to an activating group) is 1. The number of hydrogen-bond donors (Lipinski definition) is 3. The molecule has 0 fully saturated rings. The largest absolute Gasteiger partial charge is 0.340 e. The van der Waals surface area contributed by atoms with Crippen molar-refractivity contribution in [2.75, 3.05) is 7.05 Å². The molecule has 0 aliphatic carbocycles. The van der Waals surface area contributed by atoms with Gasteiger partial charge in [0.2, 0.25) is 17.7 Å². The first kappa shape index (κ1) is 27.6. The maximum Gasteiger partial charge on any atom is 0.249 e. The highest BCUT2D eigenvalue weighted by Crippen LogP contribution is 2.25. The van der Waals surface area contributed by atoms with Crippen LogP contribution >= 0.6 is 0 Å². The van der Waals surface area contributed by atoms with E-state index in [0.717, 1.165) is 16.7 Å². The number of nitrogens with zero attached hydrogens (tertiary/aromatic N) is 1. The molecule has 37 heavy (non-hydrogen) atoms. The summed E-state index contributed by atoms with van der Waals surface area (Å²) < 4.78 is 0. The van der Waals surface area contributed by atoms with E-state index in [-0.39, 0.29) is 18.2 Å². The molecule has 3 rings (SSSR count). The van der Waals surface area contributed by atoms with E-state index in [1.54, 1.807) is 17.4 Å². The molecule has 0 aliphatic heterocycles. The van der Waals surface area contributed by atoms with Crippen LogP contribution in [0.5, 0.6) is 0 Å². The molecule has 0 saturated carbocycles. The van der Waals surface area contributed by atoms with Crippen molar-refractivity contribution in [3.8, 4) is 11.1 Å². The summed E-state index contributed by atoms with van der Waals surface area (Å²) in [5, 5.41) is 11.9. The summed E-state index contributed by atoms with van der Waals surface area (Å²) >= 11 is 0. The van der Waals surface area contributed by atoms with E-state index in [0.29, 0.717) is 18.5 Å². The maximum absolute atomic E-state index is 13.7. The predicted octanol–water partition coefficient (Wildman–Crippen LogP) is 4.73. The number of hydrogen-bond acceptors (Lipinski definition) is 4. The van der Waals surface area contributed by atoms with Crippen LogP contribution in [0, 0.1) is 11.8 Å². The molecule has 0 spiro atoms. The average molecular weight is 502 g/mol. The van der Waals surface area contributed by atoms with Gasteiger partial charge in [0.15, 0.2) is 0 Å². The molecule has 0 aromatic heterocycles. The van der Waals surface area contributed by atoms with Crippen molar-refractivity contribution < 1.29 is 19.6 Å². The zero-order valence-electron chi connectivity index (χ0n) is 21.6. The Morgan fingerprint density at radius 1 is 0.838 bits per heavy atom. The normalized spacial score (nSPS) is 12.5. The SMILES string of the molecule is CC(C)C[C@H](CC(=O)NO)C(=O)N[C@H](C(=O)N(C)Cc1ccccc1)c1ccc(-c2ccccc2)cc1. The Labute approximate surface area is 218 Å². The fourth-order valence-electron chi connectivity index (χ4n) is 4.32. The van der Waals surface area contributed by atoms with Crippen molar-refractivity contribution in [1.82, 2.24) is 15.7 Å². The number of rotatable bonds is 11. The molecular weight excluding hydrogens is 466 g/mol. The molecule has 0 heterocycles. The van der Waals surface area contributed by atoms with Crippen molar-refractivity contribution in [3.63, 3.8) is 0 Å². The van der Waals surface area contributed by atoms with Crippen LogP contribution in [0.4, 0.5) is 0 Å². The quantitative estimate of drug-likeness (QED) is 0.261. The molecule has 194 valence electrons. The van der Waals surface area contributed by atoms with Gasteiger partial charge >= 0.3 is 0 Å². The van der Waals surface area contributed by atoms with Crippen molar-refractivity contribution >= 4 is 17.7 Å². The molecule has 3 N–H and O–H groups in total. The van der Waals surface area contributed by atoms with Crippen molar-refractivity contribution in [3.05, 3.63) is 96.1 Å². The zero-order chi connectivity index (χ0) is 26.8. The van der Waals surface area contributed by atoms with E-state index in [9.17, 15) is 14.4 Å². The van der Waals surface area contributed by atoms with Crippen LogP contribution in [0.2, 0.25) is 0 Å². The van der Waals surface area contributed by atoms with Gasteiger partial charge in [0.1, 0.15) is 6.04 Å². The Hall–Kier alpha value is -3.97. The second kappa shape index (κ2) is 13.4. The van der Waals surface area contributed by atoms with Crippen LogP contribution in [0.25, 0.3) is 11.1 Å². The summed E-state index contributed by atoms with van der Waals surface area (Å²) in [6, 6.07) is 26.2. The summed E-state index contributed by atoms with van der Waals surface area (Å²) in [4.78, 5) is 40.4. The molecule has 3 aromatic carbocycles. The minimum Gasteiger partial charge on any atom is -0.340 e. The Balaban J connectivity index is 1.88. The Kier molecular flexibility index (Phi) is 9.98. The molecule has 0 unspecified atom stereocenters. The van der Waals surface area contributed by atoms with Gasteiger partial charge in [0.25, 0.3) is 0 Å². The maximum atomic E-state index is 13.7. The van der Waals surface area contributed by atoms with Gasteiger partial charge in [0, 0.05) is 25.9 Å². The molecule has 0 radical (unpaired) electrons. The number of amides is 3. The smallest absolute Gasteiger partial charge is 0.249 e. The van der Waals surface area contributed by atoms with E-state index in [2.05, 4.69) is 5.32 Å². The second-order valence-electron chi connectivity index (χ2n) is 9.68. The highest BCUT2D eigenvalue weighted by molar-refractivity contribution is 5.91. The minimum absolute atomic E-state index is 0.141. The first-order chi connectivity index (χ1) is 17.8. The van der Waals surface area contributed by atoms with Gasteiger partial charge in [-0.1, -0.05) is 98.8 Å². The molecule has 2 atom stereocenters. The molecule has 7 heteroatoms. The molecule has 3 aromatic rings. The lowest BCUT2D eigenvalue weighted by Crippen LogP contribution is -2.44. The van der Waals surface area contributed by atoms with Crippen molar-refractivity contribution in [2.24, 2.45) is 11.8 Å². The van der Waals surface area contributed by atoms with Gasteiger partial charge in [-0.25, -0.2) is 5.48 Å².